The van der Waals surface area contributed by atoms with E-state index in [1.54, 1.807) is 0 Å². The van der Waals surface area contributed by atoms with Gasteiger partial charge in [-0.3, -0.25) is 0 Å². The highest BCUT2D eigenvalue weighted by Gasteiger charge is 2.22. The van der Waals surface area contributed by atoms with E-state index in [1.165, 1.54) is 0 Å². The van der Waals surface area contributed by atoms with Gasteiger partial charge in [-0.1, -0.05) is 32.9 Å². The molecule has 3 N–H and O–H groups in total. The Labute approximate surface area is 127 Å². The molecule has 0 heterocycles. The van der Waals surface area contributed by atoms with Gasteiger partial charge in [0.15, 0.2) is 0 Å². The third-order valence-corrected chi connectivity index (χ3v) is 3.34. The quantitative estimate of drug-likeness (QED) is 0.777. The molecule has 0 aliphatic heterocycles. The molecule has 0 aliphatic carbocycles. The standard InChI is InChI=1S/C16H27N3O2/c1-16(2,3)14(20)11-18-15(21)17-10-12-7-6-8-13(9-12)19(4)5/h6-9,14,20H,10-11H2,1-5H3,(H2,17,18,21). The molecular weight excluding hydrogens is 266 g/mol. The van der Waals surface area contributed by atoms with Crippen LogP contribution in [0.1, 0.15) is 26.3 Å². The molecule has 1 rings (SSSR count). The Kier molecular flexibility index (Phi) is 6.03. The largest absolute Gasteiger partial charge is 0.391 e. The minimum absolute atomic E-state index is 0.243. The first kappa shape index (κ1) is 17.3. The van der Waals surface area contributed by atoms with Crippen molar-refractivity contribution in [3.63, 3.8) is 0 Å². The fourth-order valence-corrected chi connectivity index (χ4v) is 1.68. The van der Waals surface area contributed by atoms with E-state index < -0.39 is 6.10 Å². The molecule has 0 spiro atoms. The van der Waals surface area contributed by atoms with Crippen molar-refractivity contribution in [2.75, 3.05) is 25.5 Å². The summed E-state index contributed by atoms with van der Waals surface area (Å²) in [5.74, 6) is 0. The molecule has 0 radical (unpaired) electrons. The Balaban J connectivity index is 2.41. The van der Waals surface area contributed by atoms with Gasteiger partial charge in [0.1, 0.15) is 0 Å². The number of benzene rings is 1. The number of carbonyl (C=O) groups excluding carboxylic acids is 1. The molecule has 0 saturated heterocycles. The molecule has 1 aromatic rings. The summed E-state index contributed by atoms with van der Waals surface area (Å²) in [7, 11) is 3.96. The molecule has 2 amide bonds. The molecule has 0 saturated carbocycles. The molecule has 0 fully saturated rings. The van der Waals surface area contributed by atoms with Crippen LogP contribution in [0, 0.1) is 5.41 Å². The summed E-state index contributed by atoms with van der Waals surface area (Å²) in [6.45, 7) is 6.50. The van der Waals surface area contributed by atoms with Crippen molar-refractivity contribution in [2.45, 2.75) is 33.4 Å². The minimum Gasteiger partial charge on any atom is -0.391 e. The number of hydrogen-bond donors (Lipinski definition) is 3. The van der Waals surface area contributed by atoms with Crippen LogP contribution in [-0.2, 0) is 6.54 Å². The first-order valence-corrected chi connectivity index (χ1v) is 7.16. The van der Waals surface area contributed by atoms with Gasteiger partial charge in [-0.15, -0.1) is 0 Å². The third kappa shape index (κ3) is 6.04. The van der Waals surface area contributed by atoms with E-state index in [1.807, 2.05) is 64.0 Å². The zero-order valence-corrected chi connectivity index (χ0v) is 13.6. The zero-order chi connectivity index (χ0) is 16.0. The van der Waals surface area contributed by atoms with E-state index in [4.69, 9.17) is 0 Å². The number of amides is 2. The van der Waals surface area contributed by atoms with Gasteiger partial charge in [-0.25, -0.2) is 4.79 Å². The van der Waals surface area contributed by atoms with Crippen molar-refractivity contribution >= 4 is 11.7 Å². The summed E-state index contributed by atoms with van der Waals surface area (Å²) in [6.07, 6.45) is -0.569. The maximum absolute atomic E-state index is 11.7. The maximum Gasteiger partial charge on any atom is 0.315 e. The third-order valence-electron chi connectivity index (χ3n) is 3.34. The van der Waals surface area contributed by atoms with E-state index in [9.17, 15) is 9.90 Å². The van der Waals surface area contributed by atoms with Gasteiger partial charge in [-0.2, -0.15) is 0 Å². The van der Waals surface area contributed by atoms with Gasteiger partial charge in [0.2, 0.25) is 0 Å². The SMILES string of the molecule is CN(C)c1cccc(CNC(=O)NCC(O)C(C)(C)C)c1. The lowest BCUT2D eigenvalue weighted by molar-refractivity contribution is 0.0650. The molecule has 0 bridgehead atoms. The van der Waals surface area contributed by atoms with Crippen LogP contribution in [0.25, 0.3) is 0 Å². The average molecular weight is 293 g/mol. The van der Waals surface area contributed by atoms with Crippen molar-refractivity contribution in [1.82, 2.24) is 10.6 Å². The lowest BCUT2D eigenvalue weighted by Crippen LogP contribution is -2.43. The highest BCUT2D eigenvalue weighted by Crippen LogP contribution is 2.18. The van der Waals surface area contributed by atoms with Crippen molar-refractivity contribution in [3.05, 3.63) is 29.8 Å². The van der Waals surface area contributed by atoms with Crippen molar-refractivity contribution in [2.24, 2.45) is 5.41 Å². The summed E-state index contributed by atoms with van der Waals surface area (Å²) in [4.78, 5) is 13.7. The molecule has 0 aromatic heterocycles. The maximum atomic E-state index is 11.7. The van der Waals surface area contributed by atoms with Crippen LogP contribution < -0.4 is 15.5 Å². The Morgan fingerprint density at radius 1 is 1.29 bits per heavy atom. The van der Waals surface area contributed by atoms with Gasteiger partial charge in [0.05, 0.1) is 6.10 Å². The molecule has 5 heteroatoms. The number of aliphatic hydroxyl groups excluding tert-OH is 1. The van der Waals surface area contributed by atoms with E-state index in [2.05, 4.69) is 10.6 Å². The number of carbonyl (C=O) groups is 1. The second-order valence-corrected chi connectivity index (χ2v) is 6.51. The fraction of sp³-hybridized carbons (Fsp3) is 0.562. The predicted molar refractivity (Wildman–Crippen MR) is 86.5 cm³/mol. The van der Waals surface area contributed by atoms with Crippen molar-refractivity contribution < 1.29 is 9.90 Å². The van der Waals surface area contributed by atoms with Crippen LogP contribution in [0.5, 0.6) is 0 Å². The van der Waals surface area contributed by atoms with Gasteiger partial charge in [0.25, 0.3) is 0 Å². The Bertz CT molecular complexity index is 467. The first-order valence-electron chi connectivity index (χ1n) is 7.16. The van der Waals surface area contributed by atoms with E-state index >= 15 is 0 Å². The van der Waals surface area contributed by atoms with E-state index in [0.717, 1.165) is 11.3 Å². The molecule has 1 unspecified atom stereocenters. The number of nitrogens with one attached hydrogen (secondary N) is 2. The average Bonchev–Trinajstić information content (AvgIpc) is 2.41. The van der Waals surface area contributed by atoms with Crippen LogP contribution in [0.4, 0.5) is 10.5 Å². The molecule has 1 aromatic carbocycles. The Morgan fingerprint density at radius 3 is 2.52 bits per heavy atom. The smallest absolute Gasteiger partial charge is 0.315 e. The molecular formula is C16H27N3O2. The number of hydrogen-bond acceptors (Lipinski definition) is 3. The number of anilines is 1. The second-order valence-electron chi connectivity index (χ2n) is 6.51. The normalized spacial score (nSPS) is 12.7. The second kappa shape index (κ2) is 7.31. The highest BCUT2D eigenvalue weighted by atomic mass is 16.3. The monoisotopic (exact) mass is 293 g/mol. The highest BCUT2D eigenvalue weighted by molar-refractivity contribution is 5.73. The Hall–Kier alpha value is -1.75. The number of nitrogens with zero attached hydrogens (tertiary/aromatic N) is 1. The minimum atomic E-state index is -0.569. The van der Waals surface area contributed by atoms with Crippen LogP contribution in [-0.4, -0.2) is 37.9 Å². The topological polar surface area (TPSA) is 64.6 Å². The van der Waals surface area contributed by atoms with Gasteiger partial charge >= 0.3 is 6.03 Å². The first-order chi connectivity index (χ1) is 9.70. The number of aliphatic hydroxyl groups is 1. The number of urea groups is 1. The fourth-order valence-electron chi connectivity index (χ4n) is 1.68. The summed E-state index contributed by atoms with van der Waals surface area (Å²) in [6, 6.07) is 7.71. The molecule has 0 aliphatic rings. The van der Waals surface area contributed by atoms with Crippen LogP contribution in [0.15, 0.2) is 24.3 Å². The molecule has 118 valence electrons. The van der Waals surface area contributed by atoms with E-state index in [0.29, 0.717) is 6.54 Å². The van der Waals surface area contributed by atoms with Crippen LogP contribution >= 0.6 is 0 Å². The van der Waals surface area contributed by atoms with Gasteiger partial charge < -0.3 is 20.6 Å². The van der Waals surface area contributed by atoms with Crippen LogP contribution in [0.2, 0.25) is 0 Å². The molecule has 5 nitrogen and oxygen atoms in total. The van der Waals surface area contributed by atoms with Crippen LogP contribution in [0.3, 0.4) is 0 Å². The van der Waals surface area contributed by atoms with Crippen molar-refractivity contribution in [1.29, 1.82) is 0 Å². The Morgan fingerprint density at radius 2 is 1.95 bits per heavy atom. The molecule has 1 atom stereocenters. The summed E-state index contributed by atoms with van der Waals surface area (Å²) < 4.78 is 0. The summed E-state index contributed by atoms with van der Waals surface area (Å²) in [5.41, 5.74) is 1.89. The summed E-state index contributed by atoms with van der Waals surface area (Å²) in [5, 5.41) is 15.3. The van der Waals surface area contributed by atoms with Gasteiger partial charge in [-0.05, 0) is 23.1 Å². The lowest BCUT2D eigenvalue weighted by Gasteiger charge is -2.25. The predicted octanol–water partition coefficient (Wildman–Crippen LogP) is 1.96. The lowest BCUT2D eigenvalue weighted by atomic mass is 9.89. The number of rotatable bonds is 5. The van der Waals surface area contributed by atoms with E-state index in [-0.39, 0.29) is 18.0 Å². The summed E-state index contributed by atoms with van der Waals surface area (Å²) >= 11 is 0. The van der Waals surface area contributed by atoms with Gasteiger partial charge in [0, 0.05) is 32.9 Å². The van der Waals surface area contributed by atoms with Crippen molar-refractivity contribution in [3.8, 4) is 0 Å². The zero-order valence-electron chi connectivity index (χ0n) is 13.6. The molecule has 21 heavy (non-hydrogen) atoms.